The minimum Gasteiger partial charge on any atom is -0.355 e. The summed E-state index contributed by atoms with van der Waals surface area (Å²) >= 11 is 0. The summed E-state index contributed by atoms with van der Waals surface area (Å²) in [6.07, 6.45) is 8.48. The molecule has 5 nitrogen and oxygen atoms in total. The number of pyridine rings is 1. The number of hydrogen-bond acceptors (Lipinski definition) is 4. The van der Waals surface area contributed by atoms with Gasteiger partial charge < -0.3 is 4.90 Å². The highest BCUT2D eigenvalue weighted by Gasteiger charge is 2.24. The zero-order valence-electron chi connectivity index (χ0n) is 13.5. The fourth-order valence-corrected chi connectivity index (χ4v) is 3.14. The maximum Gasteiger partial charge on any atom is 0.128 e. The van der Waals surface area contributed by atoms with Gasteiger partial charge in [0.25, 0.3) is 0 Å². The van der Waals surface area contributed by atoms with Gasteiger partial charge in [-0.1, -0.05) is 6.07 Å². The molecule has 0 bridgehead atoms. The first-order valence-electron chi connectivity index (χ1n) is 8.14. The Kier molecular flexibility index (Phi) is 4.73. The number of likely N-dealkylation sites (N-methyl/N-ethyl adjacent to an activating group) is 1. The summed E-state index contributed by atoms with van der Waals surface area (Å²) in [4.78, 5) is 9.34. The third-order valence-electron chi connectivity index (χ3n) is 4.44. The summed E-state index contributed by atoms with van der Waals surface area (Å²) in [6.45, 7) is 6.16. The number of anilines is 1. The lowest BCUT2D eigenvalue weighted by Gasteiger charge is -2.38. The largest absolute Gasteiger partial charge is 0.355 e. The van der Waals surface area contributed by atoms with Crippen molar-refractivity contribution >= 4 is 5.82 Å². The molecule has 1 saturated heterocycles. The summed E-state index contributed by atoms with van der Waals surface area (Å²) < 4.78 is 1.99. The molecular weight excluding hydrogens is 274 g/mol. The molecule has 3 rings (SSSR count). The Morgan fingerprint density at radius 2 is 2.27 bits per heavy atom. The van der Waals surface area contributed by atoms with E-state index >= 15 is 0 Å². The maximum atomic E-state index is 4.49. The molecule has 0 aromatic carbocycles. The topological polar surface area (TPSA) is 37.2 Å². The van der Waals surface area contributed by atoms with Crippen LogP contribution in [0.15, 0.2) is 36.8 Å². The highest BCUT2D eigenvalue weighted by atomic mass is 15.3. The quantitative estimate of drug-likeness (QED) is 0.849. The molecule has 0 amide bonds. The van der Waals surface area contributed by atoms with Gasteiger partial charge in [-0.05, 0) is 38.9 Å². The maximum absolute atomic E-state index is 4.49. The summed E-state index contributed by atoms with van der Waals surface area (Å²) in [7, 11) is 2.22. The first-order valence-corrected chi connectivity index (χ1v) is 8.14. The molecule has 1 aliphatic rings. The average molecular weight is 299 g/mol. The van der Waals surface area contributed by atoms with Crippen molar-refractivity contribution in [2.45, 2.75) is 38.9 Å². The second kappa shape index (κ2) is 6.92. The number of aromatic nitrogens is 3. The SMILES string of the molecule is CCn1cc(CN(C)[C@@H]2CCCN(c3ccccn3)C2)cn1. The Morgan fingerprint density at radius 1 is 1.36 bits per heavy atom. The van der Waals surface area contributed by atoms with E-state index in [4.69, 9.17) is 0 Å². The summed E-state index contributed by atoms with van der Waals surface area (Å²) in [6, 6.07) is 6.71. The first-order chi connectivity index (χ1) is 10.8. The highest BCUT2D eigenvalue weighted by Crippen LogP contribution is 2.21. The van der Waals surface area contributed by atoms with Crippen LogP contribution in [0.4, 0.5) is 5.82 Å². The molecule has 1 fully saturated rings. The van der Waals surface area contributed by atoms with E-state index in [9.17, 15) is 0 Å². The molecule has 0 aliphatic carbocycles. The lowest BCUT2D eigenvalue weighted by atomic mass is 10.0. The zero-order valence-corrected chi connectivity index (χ0v) is 13.5. The van der Waals surface area contributed by atoms with E-state index < -0.39 is 0 Å². The van der Waals surface area contributed by atoms with Crippen LogP contribution in [0.3, 0.4) is 0 Å². The molecule has 2 aromatic rings. The van der Waals surface area contributed by atoms with Crippen LogP contribution in [-0.2, 0) is 13.1 Å². The second-order valence-corrected chi connectivity index (χ2v) is 6.05. The summed E-state index contributed by atoms with van der Waals surface area (Å²) in [5.74, 6) is 1.10. The van der Waals surface area contributed by atoms with Crippen LogP contribution in [0, 0.1) is 0 Å². The van der Waals surface area contributed by atoms with E-state index in [1.807, 2.05) is 23.1 Å². The molecule has 1 aliphatic heterocycles. The Balaban J connectivity index is 1.61. The van der Waals surface area contributed by atoms with Crippen molar-refractivity contribution in [1.29, 1.82) is 0 Å². The third-order valence-corrected chi connectivity index (χ3v) is 4.44. The zero-order chi connectivity index (χ0) is 15.4. The predicted molar refractivity (Wildman–Crippen MR) is 88.8 cm³/mol. The Bertz CT molecular complexity index is 580. The fraction of sp³-hybridized carbons (Fsp3) is 0.529. The molecule has 0 saturated carbocycles. The highest BCUT2D eigenvalue weighted by molar-refractivity contribution is 5.38. The van der Waals surface area contributed by atoms with Gasteiger partial charge in [0, 0.05) is 50.2 Å². The Hall–Kier alpha value is -1.88. The van der Waals surface area contributed by atoms with Crippen LogP contribution in [0.25, 0.3) is 0 Å². The minimum absolute atomic E-state index is 0.570. The van der Waals surface area contributed by atoms with E-state index in [0.717, 1.165) is 32.0 Å². The van der Waals surface area contributed by atoms with Crippen molar-refractivity contribution in [3.63, 3.8) is 0 Å². The van der Waals surface area contributed by atoms with Gasteiger partial charge in [0.1, 0.15) is 5.82 Å². The third kappa shape index (κ3) is 3.47. The monoisotopic (exact) mass is 299 g/mol. The van der Waals surface area contributed by atoms with E-state index in [-0.39, 0.29) is 0 Å². The molecule has 1 atom stereocenters. The second-order valence-electron chi connectivity index (χ2n) is 6.05. The fourth-order valence-electron chi connectivity index (χ4n) is 3.14. The first kappa shape index (κ1) is 15.0. The van der Waals surface area contributed by atoms with Crippen LogP contribution in [0.5, 0.6) is 0 Å². The van der Waals surface area contributed by atoms with Gasteiger partial charge in [-0.2, -0.15) is 5.10 Å². The Labute approximate surface area is 132 Å². The van der Waals surface area contributed by atoms with Crippen molar-refractivity contribution in [2.24, 2.45) is 0 Å². The molecule has 22 heavy (non-hydrogen) atoms. The van der Waals surface area contributed by atoms with Gasteiger partial charge in [-0.3, -0.25) is 9.58 Å². The lowest BCUT2D eigenvalue weighted by molar-refractivity contribution is 0.207. The standard InChI is InChI=1S/C17H25N5/c1-3-22-13-15(11-19-22)12-20(2)16-7-6-10-21(14-16)17-8-4-5-9-18-17/h4-5,8-9,11,13,16H,3,6-7,10,12,14H2,1-2H3/t16-/m1/s1. The van der Waals surface area contributed by atoms with E-state index in [1.165, 1.54) is 18.4 Å². The van der Waals surface area contributed by atoms with Gasteiger partial charge >= 0.3 is 0 Å². The van der Waals surface area contributed by atoms with Gasteiger partial charge in [0.05, 0.1) is 6.20 Å². The molecule has 0 radical (unpaired) electrons. The van der Waals surface area contributed by atoms with Crippen LogP contribution < -0.4 is 4.90 Å². The van der Waals surface area contributed by atoms with Gasteiger partial charge in [0.15, 0.2) is 0 Å². The van der Waals surface area contributed by atoms with E-state index in [2.05, 4.69) is 52.2 Å². The van der Waals surface area contributed by atoms with Crippen LogP contribution in [-0.4, -0.2) is 45.8 Å². The molecule has 5 heteroatoms. The van der Waals surface area contributed by atoms with Crippen molar-refractivity contribution in [2.75, 3.05) is 25.0 Å². The van der Waals surface area contributed by atoms with Crippen molar-refractivity contribution in [3.05, 3.63) is 42.4 Å². The Morgan fingerprint density at radius 3 is 3.00 bits per heavy atom. The van der Waals surface area contributed by atoms with Crippen molar-refractivity contribution in [3.8, 4) is 0 Å². The number of hydrogen-bond donors (Lipinski definition) is 0. The average Bonchev–Trinajstić information content (AvgIpc) is 3.03. The van der Waals surface area contributed by atoms with E-state index in [0.29, 0.717) is 6.04 Å². The van der Waals surface area contributed by atoms with Crippen LogP contribution >= 0.6 is 0 Å². The van der Waals surface area contributed by atoms with Gasteiger partial charge in [0.2, 0.25) is 0 Å². The smallest absolute Gasteiger partial charge is 0.128 e. The lowest BCUT2D eigenvalue weighted by Crippen LogP contribution is -2.46. The molecule has 0 unspecified atom stereocenters. The number of nitrogens with zero attached hydrogens (tertiary/aromatic N) is 5. The summed E-state index contributed by atoms with van der Waals surface area (Å²) in [5.41, 5.74) is 1.29. The molecule has 2 aromatic heterocycles. The number of aryl methyl sites for hydroxylation is 1. The molecular formula is C17H25N5. The van der Waals surface area contributed by atoms with Gasteiger partial charge in [-0.15, -0.1) is 0 Å². The van der Waals surface area contributed by atoms with Crippen LogP contribution in [0.1, 0.15) is 25.3 Å². The minimum atomic E-state index is 0.570. The van der Waals surface area contributed by atoms with E-state index in [1.54, 1.807) is 0 Å². The van der Waals surface area contributed by atoms with Crippen molar-refractivity contribution < 1.29 is 0 Å². The number of rotatable bonds is 5. The van der Waals surface area contributed by atoms with Crippen LogP contribution in [0.2, 0.25) is 0 Å². The molecule has 3 heterocycles. The number of piperidine rings is 1. The molecule has 118 valence electrons. The predicted octanol–water partition coefficient (Wildman–Crippen LogP) is 2.40. The normalized spacial score (nSPS) is 18.9. The molecule has 0 N–H and O–H groups in total. The van der Waals surface area contributed by atoms with Crippen molar-refractivity contribution in [1.82, 2.24) is 19.7 Å². The summed E-state index contributed by atoms with van der Waals surface area (Å²) in [5, 5.41) is 4.36. The van der Waals surface area contributed by atoms with Gasteiger partial charge in [-0.25, -0.2) is 4.98 Å². The molecule has 0 spiro atoms.